The number of piperidine rings is 1. The van der Waals surface area contributed by atoms with Crippen LogP contribution in [-0.4, -0.2) is 59.9 Å². The molecule has 0 aliphatic carbocycles. The van der Waals surface area contributed by atoms with E-state index in [0.29, 0.717) is 30.9 Å². The summed E-state index contributed by atoms with van der Waals surface area (Å²) < 4.78 is 5.32. The van der Waals surface area contributed by atoms with E-state index in [0.717, 1.165) is 4.90 Å². The third kappa shape index (κ3) is 3.03. The predicted octanol–water partition coefficient (Wildman–Crippen LogP) is -1.10. The molecule has 2 saturated heterocycles. The van der Waals surface area contributed by atoms with Gasteiger partial charge in [0, 0.05) is 25.0 Å². The Morgan fingerprint density at radius 1 is 1.19 bits per heavy atom. The van der Waals surface area contributed by atoms with Crippen molar-refractivity contribution in [2.75, 3.05) is 13.2 Å². The molecule has 1 aromatic carbocycles. The zero-order valence-corrected chi connectivity index (χ0v) is 14.6. The van der Waals surface area contributed by atoms with Gasteiger partial charge in [-0.05, 0) is 18.1 Å². The van der Waals surface area contributed by atoms with E-state index in [1.807, 2.05) is 0 Å². The molecule has 0 radical (unpaired) electrons. The Hall–Kier alpha value is -2.62. The monoisotopic (exact) mass is 372 g/mol. The van der Waals surface area contributed by atoms with Gasteiger partial charge in [-0.15, -0.1) is 0 Å². The zero-order chi connectivity index (χ0) is 19.1. The van der Waals surface area contributed by atoms with E-state index in [-0.39, 0.29) is 30.5 Å². The van der Waals surface area contributed by atoms with Gasteiger partial charge in [-0.25, -0.2) is 0 Å². The molecular weight excluding hydrogens is 352 g/mol. The Labute approximate surface area is 155 Å². The fraction of sp³-hybridized carbons (Fsp3) is 0.444. The van der Waals surface area contributed by atoms with Crippen LogP contribution < -0.4 is 16.4 Å². The number of imide groups is 2. The molecule has 3 atom stereocenters. The summed E-state index contributed by atoms with van der Waals surface area (Å²) >= 11 is 0. The van der Waals surface area contributed by atoms with E-state index in [4.69, 9.17) is 10.5 Å². The lowest BCUT2D eigenvalue weighted by Gasteiger charge is -2.27. The number of amides is 4. The van der Waals surface area contributed by atoms with E-state index in [1.54, 1.807) is 18.2 Å². The topological polar surface area (TPSA) is 131 Å². The summed E-state index contributed by atoms with van der Waals surface area (Å²) in [5, 5.41) is 5.46. The van der Waals surface area contributed by atoms with Crippen LogP contribution in [0.5, 0.6) is 0 Å². The fourth-order valence-corrected chi connectivity index (χ4v) is 3.75. The number of rotatable bonds is 4. The molecule has 0 saturated carbocycles. The smallest absolute Gasteiger partial charge is 0.262 e. The van der Waals surface area contributed by atoms with Crippen molar-refractivity contribution in [2.24, 2.45) is 5.73 Å². The van der Waals surface area contributed by atoms with Gasteiger partial charge >= 0.3 is 0 Å². The lowest BCUT2D eigenvalue weighted by atomic mass is 10.0. The number of hydrogen-bond donors (Lipinski definition) is 3. The first-order valence-electron chi connectivity index (χ1n) is 8.87. The van der Waals surface area contributed by atoms with E-state index in [1.165, 1.54) is 0 Å². The molecule has 4 amide bonds. The molecule has 9 nitrogen and oxygen atoms in total. The molecule has 2 fully saturated rings. The summed E-state index contributed by atoms with van der Waals surface area (Å²) in [7, 11) is 0. The number of carbonyl (C=O) groups excluding carboxylic acids is 4. The maximum atomic E-state index is 13.0. The molecule has 27 heavy (non-hydrogen) atoms. The first-order chi connectivity index (χ1) is 13.0. The number of fused-ring (bicyclic) bond motifs is 1. The maximum absolute atomic E-state index is 13.0. The average Bonchev–Trinajstić information content (AvgIpc) is 3.16. The lowest BCUT2D eigenvalue weighted by molar-refractivity contribution is -0.136. The minimum Gasteiger partial charge on any atom is -0.378 e. The van der Waals surface area contributed by atoms with Crippen molar-refractivity contribution in [2.45, 2.75) is 37.5 Å². The van der Waals surface area contributed by atoms with Gasteiger partial charge in [0.1, 0.15) is 6.04 Å². The van der Waals surface area contributed by atoms with Crippen LogP contribution in [0.1, 0.15) is 39.1 Å². The van der Waals surface area contributed by atoms with Crippen LogP contribution in [0.4, 0.5) is 0 Å². The van der Waals surface area contributed by atoms with Crippen molar-refractivity contribution in [1.82, 2.24) is 15.5 Å². The Kier molecular flexibility index (Phi) is 4.50. The fourth-order valence-electron chi connectivity index (χ4n) is 3.75. The predicted molar refractivity (Wildman–Crippen MR) is 92.5 cm³/mol. The minimum atomic E-state index is -0.965. The summed E-state index contributed by atoms with van der Waals surface area (Å²) in [5.74, 6) is -2.02. The van der Waals surface area contributed by atoms with E-state index in [2.05, 4.69) is 10.6 Å². The Balaban J connectivity index is 1.58. The van der Waals surface area contributed by atoms with Gasteiger partial charge in [-0.3, -0.25) is 29.4 Å². The molecule has 0 aromatic heterocycles. The highest BCUT2D eigenvalue weighted by molar-refractivity contribution is 6.24. The molecule has 4 rings (SSSR count). The van der Waals surface area contributed by atoms with Crippen molar-refractivity contribution >= 4 is 23.6 Å². The number of nitrogens with two attached hydrogens (primary N) is 1. The largest absolute Gasteiger partial charge is 0.378 e. The second-order valence-electron chi connectivity index (χ2n) is 6.98. The molecule has 1 unspecified atom stereocenters. The summed E-state index contributed by atoms with van der Waals surface area (Å²) in [5.41, 5.74) is 7.20. The normalized spacial score (nSPS) is 27.9. The summed E-state index contributed by atoms with van der Waals surface area (Å²) in [6, 6.07) is 3.94. The average molecular weight is 372 g/mol. The van der Waals surface area contributed by atoms with Crippen LogP contribution in [0.25, 0.3) is 0 Å². The number of hydrogen-bond acceptors (Lipinski definition) is 7. The summed E-state index contributed by atoms with van der Waals surface area (Å²) in [4.78, 5) is 50.2. The van der Waals surface area contributed by atoms with Crippen LogP contribution in [0.2, 0.25) is 0 Å². The van der Waals surface area contributed by atoms with E-state index in [9.17, 15) is 19.2 Å². The Morgan fingerprint density at radius 2 is 2.00 bits per heavy atom. The molecule has 4 N–H and O–H groups in total. The SMILES string of the molecule is N[C@@H]1COC[C@@H]1NCc1cccc2c1C(=O)N(C1CCC(=O)NC1=O)C2=O. The highest BCUT2D eigenvalue weighted by Crippen LogP contribution is 2.30. The van der Waals surface area contributed by atoms with E-state index < -0.39 is 29.7 Å². The van der Waals surface area contributed by atoms with Crippen LogP contribution in [0, 0.1) is 0 Å². The Bertz CT molecular complexity index is 839. The minimum absolute atomic E-state index is 0.0284. The number of benzene rings is 1. The number of carbonyl (C=O) groups is 4. The molecule has 9 heteroatoms. The van der Waals surface area contributed by atoms with Crippen molar-refractivity contribution in [3.05, 3.63) is 34.9 Å². The zero-order valence-electron chi connectivity index (χ0n) is 14.6. The first kappa shape index (κ1) is 17.8. The van der Waals surface area contributed by atoms with E-state index >= 15 is 0 Å². The third-order valence-electron chi connectivity index (χ3n) is 5.23. The first-order valence-corrected chi connectivity index (χ1v) is 8.87. The molecule has 1 aromatic rings. The maximum Gasteiger partial charge on any atom is 0.262 e. The second kappa shape index (κ2) is 6.84. The molecule has 0 spiro atoms. The summed E-state index contributed by atoms with van der Waals surface area (Å²) in [6.45, 7) is 1.32. The Morgan fingerprint density at radius 3 is 2.70 bits per heavy atom. The van der Waals surface area contributed by atoms with Crippen LogP contribution >= 0.6 is 0 Å². The van der Waals surface area contributed by atoms with Gasteiger partial charge in [-0.2, -0.15) is 0 Å². The van der Waals surface area contributed by atoms with Crippen molar-refractivity contribution in [3.63, 3.8) is 0 Å². The standard InChI is InChI=1S/C18H20N4O5/c19-11-7-27-8-12(11)20-6-9-2-1-3-10-15(9)18(26)22(17(10)25)13-4-5-14(23)21-16(13)24/h1-3,11-13,20H,4-8,19H2,(H,21,23,24)/t11-,12+,13?/m1/s1. The second-order valence-corrected chi connectivity index (χ2v) is 6.98. The lowest BCUT2D eigenvalue weighted by Crippen LogP contribution is -2.54. The third-order valence-corrected chi connectivity index (χ3v) is 5.23. The molecule has 0 bridgehead atoms. The van der Waals surface area contributed by atoms with Crippen molar-refractivity contribution in [3.8, 4) is 0 Å². The van der Waals surface area contributed by atoms with Crippen LogP contribution in [0.15, 0.2) is 18.2 Å². The molecule has 3 heterocycles. The highest BCUT2D eigenvalue weighted by atomic mass is 16.5. The molecular formula is C18H20N4O5. The van der Waals surface area contributed by atoms with Gasteiger partial charge in [0.25, 0.3) is 11.8 Å². The van der Waals surface area contributed by atoms with Crippen molar-refractivity contribution in [1.29, 1.82) is 0 Å². The number of ether oxygens (including phenoxy) is 1. The van der Waals surface area contributed by atoms with Crippen molar-refractivity contribution < 1.29 is 23.9 Å². The molecule has 3 aliphatic rings. The van der Waals surface area contributed by atoms with Gasteiger partial charge in [0.05, 0.1) is 24.3 Å². The van der Waals surface area contributed by atoms with Crippen LogP contribution in [0.3, 0.4) is 0 Å². The van der Waals surface area contributed by atoms with Gasteiger partial charge in [0.2, 0.25) is 11.8 Å². The quantitative estimate of drug-likeness (QED) is 0.572. The van der Waals surface area contributed by atoms with Gasteiger partial charge < -0.3 is 15.8 Å². The highest BCUT2D eigenvalue weighted by Gasteiger charge is 2.45. The summed E-state index contributed by atoms with van der Waals surface area (Å²) in [6.07, 6.45) is 0.232. The van der Waals surface area contributed by atoms with Crippen LogP contribution in [-0.2, 0) is 20.9 Å². The number of nitrogens with zero attached hydrogens (tertiary/aromatic N) is 1. The van der Waals surface area contributed by atoms with Gasteiger partial charge in [-0.1, -0.05) is 12.1 Å². The molecule has 3 aliphatic heterocycles. The number of nitrogens with one attached hydrogen (secondary N) is 2. The van der Waals surface area contributed by atoms with Gasteiger partial charge in [0.15, 0.2) is 0 Å². The molecule has 142 valence electrons.